The van der Waals surface area contributed by atoms with Gasteiger partial charge in [-0.3, -0.25) is 4.79 Å². The van der Waals surface area contributed by atoms with Crippen molar-refractivity contribution in [1.29, 1.82) is 0 Å². The van der Waals surface area contributed by atoms with Crippen LogP contribution in [0.5, 0.6) is 0 Å². The molecule has 1 aliphatic heterocycles. The number of rotatable bonds is 3. The first-order chi connectivity index (χ1) is 9.84. The number of ether oxygens (including phenoxy) is 1. The second-order valence-corrected chi connectivity index (χ2v) is 7.57. The Bertz CT molecular complexity index is 626. The van der Waals surface area contributed by atoms with Crippen molar-refractivity contribution in [3.8, 4) is 0 Å². The molecule has 1 aromatic rings. The lowest BCUT2D eigenvalue weighted by atomic mass is 10.2. The van der Waals surface area contributed by atoms with E-state index < -0.39 is 22.0 Å². The molecule has 116 valence electrons. The van der Waals surface area contributed by atoms with Crippen LogP contribution >= 0.6 is 11.3 Å². The lowest BCUT2D eigenvalue weighted by Crippen LogP contribution is -2.59. The monoisotopic (exact) mass is 332 g/mol. The van der Waals surface area contributed by atoms with Gasteiger partial charge in [-0.2, -0.15) is 4.31 Å². The van der Waals surface area contributed by atoms with E-state index in [9.17, 15) is 18.0 Å². The molecule has 2 rings (SSSR count). The van der Waals surface area contributed by atoms with E-state index in [2.05, 4.69) is 0 Å². The lowest BCUT2D eigenvalue weighted by Gasteiger charge is -2.38. The number of hydrogen-bond acceptors (Lipinski definition) is 6. The fraction of sp³-hybridized carbons (Fsp3) is 0.500. The summed E-state index contributed by atoms with van der Waals surface area (Å²) < 4.78 is 29.1. The summed E-state index contributed by atoms with van der Waals surface area (Å²) in [5, 5.41) is 1.77. The van der Waals surface area contributed by atoms with Crippen molar-refractivity contribution in [3.63, 3.8) is 0 Å². The van der Waals surface area contributed by atoms with E-state index in [1.165, 1.54) is 27.7 Å². The summed E-state index contributed by atoms with van der Waals surface area (Å²) >= 11 is 1.28. The molecule has 7 nitrogen and oxygen atoms in total. The van der Waals surface area contributed by atoms with Crippen LogP contribution in [-0.2, 0) is 19.6 Å². The van der Waals surface area contributed by atoms with Gasteiger partial charge in [-0.15, -0.1) is 11.3 Å². The number of thiophene rings is 1. The van der Waals surface area contributed by atoms with E-state index in [-0.39, 0.29) is 25.5 Å². The normalized spacial score (nSPS) is 20.3. The highest BCUT2D eigenvalue weighted by Crippen LogP contribution is 2.19. The van der Waals surface area contributed by atoms with Crippen LogP contribution in [0.2, 0.25) is 0 Å². The van der Waals surface area contributed by atoms with Crippen molar-refractivity contribution in [2.24, 2.45) is 0 Å². The van der Waals surface area contributed by atoms with Crippen LogP contribution in [0.1, 0.15) is 9.67 Å². The summed E-state index contributed by atoms with van der Waals surface area (Å²) in [6.07, 6.45) is 1.08. The quantitative estimate of drug-likeness (QED) is 0.728. The van der Waals surface area contributed by atoms with Crippen molar-refractivity contribution in [2.45, 2.75) is 6.04 Å². The molecular weight excluding hydrogens is 316 g/mol. The highest BCUT2D eigenvalue weighted by molar-refractivity contribution is 7.88. The van der Waals surface area contributed by atoms with E-state index in [4.69, 9.17) is 4.74 Å². The fourth-order valence-corrected chi connectivity index (χ4v) is 3.69. The smallest absolute Gasteiger partial charge is 0.329 e. The van der Waals surface area contributed by atoms with Gasteiger partial charge in [-0.25, -0.2) is 13.2 Å². The number of carbonyl (C=O) groups excluding carboxylic acids is 2. The lowest BCUT2D eigenvalue weighted by molar-refractivity contribution is -0.147. The van der Waals surface area contributed by atoms with E-state index >= 15 is 0 Å². The minimum atomic E-state index is -3.41. The van der Waals surface area contributed by atoms with Gasteiger partial charge < -0.3 is 9.64 Å². The first kappa shape index (κ1) is 15.9. The number of carbonyl (C=O) groups is 2. The van der Waals surface area contributed by atoms with E-state index in [0.29, 0.717) is 4.88 Å². The van der Waals surface area contributed by atoms with Crippen molar-refractivity contribution in [2.75, 3.05) is 33.0 Å². The molecule has 1 unspecified atom stereocenters. The Labute approximate surface area is 127 Å². The average Bonchev–Trinajstić information content (AvgIpc) is 2.98. The maximum absolute atomic E-state index is 12.4. The predicted octanol–water partition coefficient (Wildman–Crippen LogP) is 0.00710. The summed E-state index contributed by atoms with van der Waals surface area (Å²) in [6, 6.07) is 2.50. The van der Waals surface area contributed by atoms with Gasteiger partial charge in [0.25, 0.3) is 5.91 Å². The van der Waals surface area contributed by atoms with Gasteiger partial charge in [0.05, 0.1) is 18.2 Å². The molecule has 2 heterocycles. The van der Waals surface area contributed by atoms with Crippen molar-refractivity contribution < 1.29 is 22.7 Å². The molecule has 0 aliphatic carbocycles. The first-order valence-corrected chi connectivity index (χ1v) is 8.95. The number of piperazine rings is 1. The molecule has 1 aliphatic rings. The summed E-state index contributed by atoms with van der Waals surface area (Å²) in [6.45, 7) is 0.246. The highest BCUT2D eigenvalue weighted by atomic mass is 32.2. The zero-order chi connectivity index (χ0) is 15.6. The molecule has 9 heteroatoms. The molecule has 1 atom stereocenters. The largest absolute Gasteiger partial charge is 0.467 e. The molecule has 0 saturated carbocycles. The minimum Gasteiger partial charge on any atom is -0.467 e. The van der Waals surface area contributed by atoms with Crippen LogP contribution in [-0.4, -0.2) is 68.5 Å². The molecular formula is C12H16N2O5S2. The van der Waals surface area contributed by atoms with Gasteiger partial charge in [-0.05, 0) is 11.4 Å². The van der Waals surface area contributed by atoms with Crippen LogP contribution in [0, 0.1) is 0 Å². The number of amides is 1. The Hall–Kier alpha value is -1.45. The molecule has 1 amide bonds. The van der Waals surface area contributed by atoms with Gasteiger partial charge in [0, 0.05) is 19.6 Å². The molecule has 1 fully saturated rings. The highest BCUT2D eigenvalue weighted by Gasteiger charge is 2.39. The van der Waals surface area contributed by atoms with Gasteiger partial charge in [0.1, 0.15) is 6.04 Å². The maximum Gasteiger partial charge on any atom is 0.329 e. The second-order valence-electron chi connectivity index (χ2n) is 4.64. The number of esters is 1. The predicted molar refractivity (Wildman–Crippen MR) is 77.6 cm³/mol. The van der Waals surface area contributed by atoms with E-state index in [1.54, 1.807) is 17.5 Å². The van der Waals surface area contributed by atoms with Gasteiger partial charge in [0.2, 0.25) is 10.0 Å². The summed E-state index contributed by atoms with van der Waals surface area (Å²) in [7, 11) is -2.20. The topological polar surface area (TPSA) is 84.0 Å². The van der Waals surface area contributed by atoms with Gasteiger partial charge in [0.15, 0.2) is 0 Å². The molecule has 0 spiro atoms. The van der Waals surface area contributed by atoms with E-state index in [1.807, 2.05) is 0 Å². The minimum absolute atomic E-state index is 0.0807. The van der Waals surface area contributed by atoms with Crippen molar-refractivity contribution in [1.82, 2.24) is 9.21 Å². The maximum atomic E-state index is 12.4. The third kappa shape index (κ3) is 3.42. The molecule has 0 bridgehead atoms. The summed E-state index contributed by atoms with van der Waals surface area (Å²) in [5.74, 6) is -0.901. The van der Waals surface area contributed by atoms with Crippen LogP contribution in [0.15, 0.2) is 17.5 Å². The van der Waals surface area contributed by atoms with Crippen LogP contribution in [0.4, 0.5) is 0 Å². The number of methoxy groups -OCH3 is 1. The molecule has 0 radical (unpaired) electrons. The Kier molecular flexibility index (Phi) is 4.64. The molecule has 1 aromatic heterocycles. The van der Waals surface area contributed by atoms with Gasteiger partial charge in [-0.1, -0.05) is 6.07 Å². The standard InChI is InChI=1S/C12H16N2O5S2/c1-19-12(16)9-8-13(21(2,17)18)5-6-14(9)11(15)10-4-3-7-20-10/h3-4,7,9H,5-6,8H2,1-2H3. The van der Waals surface area contributed by atoms with E-state index in [0.717, 1.165) is 6.26 Å². The Morgan fingerprint density at radius 3 is 2.62 bits per heavy atom. The average molecular weight is 332 g/mol. The third-order valence-electron chi connectivity index (χ3n) is 3.28. The van der Waals surface area contributed by atoms with Crippen LogP contribution < -0.4 is 0 Å². The molecule has 1 saturated heterocycles. The summed E-state index contributed by atoms with van der Waals surface area (Å²) in [5.41, 5.74) is 0. The SMILES string of the molecule is COC(=O)C1CN(S(C)(=O)=O)CCN1C(=O)c1cccs1. The Balaban J connectivity index is 2.25. The van der Waals surface area contributed by atoms with Gasteiger partial charge >= 0.3 is 5.97 Å². The van der Waals surface area contributed by atoms with Crippen LogP contribution in [0.3, 0.4) is 0 Å². The number of nitrogens with zero attached hydrogens (tertiary/aromatic N) is 2. The Morgan fingerprint density at radius 1 is 1.38 bits per heavy atom. The first-order valence-electron chi connectivity index (χ1n) is 6.22. The zero-order valence-electron chi connectivity index (χ0n) is 11.7. The summed E-state index contributed by atoms with van der Waals surface area (Å²) in [4.78, 5) is 26.2. The van der Waals surface area contributed by atoms with Crippen LogP contribution in [0.25, 0.3) is 0 Å². The fourth-order valence-electron chi connectivity index (χ4n) is 2.18. The number of hydrogen-bond donors (Lipinski definition) is 0. The molecule has 0 aromatic carbocycles. The van der Waals surface area contributed by atoms with Crippen molar-refractivity contribution >= 4 is 33.2 Å². The third-order valence-corrected chi connectivity index (χ3v) is 5.41. The van der Waals surface area contributed by atoms with Crippen molar-refractivity contribution in [3.05, 3.63) is 22.4 Å². The number of sulfonamides is 1. The second kappa shape index (κ2) is 6.12. The molecule has 21 heavy (non-hydrogen) atoms. The zero-order valence-corrected chi connectivity index (χ0v) is 13.3. The molecule has 0 N–H and O–H groups in total. The Morgan fingerprint density at radius 2 is 2.10 bits per heavy atom.